The van der Waals surface area contributed by atoms with E-state index in [9.17, 15) is 13.6 Å². The first-order valence-electron chi connectivity index (χ1n) is 5.98. The van der Waals surface area contributed by atoms with Gasteiger partial charge >= 0.3 is 5.97 Å². The van der Waals surface area contributed by atoms with Crippen LogP contribution in [-0.2, 0) is 0 Å². The van der Waals surface area contributed by atoms with Crippen molar-refractivity contribution >= 4 is 28.6 Å². The van der Waals surface area contributed by atoms with Gasteiger partial charge in [0, 0.05) is 0 Å². The number of para-hydroxylation sites is 1. The first-order valence-corrected chi connectivity index (χ1v) is 5.98. The Balaban J connectivity index is 2.00. The highest BCUT2D eigenvalue weighted by Crippen LogP contribution is 2.23. The number of aromatic nitrogens is 2. The Bertz CT molecular complexity index is 825. The summed E-state index contributed by atoms with van der Waals surface area (Å²) >= 11 is 0. The molecule has 0 aliphatic rings. The summed E-state index contributed by atoms with van der Waals surface area (Å²) in [6.45, 7) is 0. The van der Waals surface area contributed by atoms with Crippen LogP contribution in [0.25, 0.3) is 11.0 Å². The highest BCUT2D eigenvalue weighted by molar-refractivity contribution is 5.92. The Morgan fingerprint density at radius 3 is 2.57 bits per heavy atom. The van der Waals surface area contributed by atoms with Crippen LogP contribution in [0.5, 0.6) is 0 Å². The van der Waals surface area contributed by atoms with E-state index in [0.29, 0.717) is 11.0 Å². The Morgan fingerprint density at radius 1 is 1.19 bits per heavy atom. The summed E-state index contributed by atoms with van der Waals surface area (Å²) in [6, 6.07) is 7.81. The van der Waals surface area contributed by atoms with Crippen LogP contribution < -0.4 is 5.32 Å². The van der Waals surface area contributed by atoms with Crippen molar-refractivity contribution in [3.05, 3.63) is 53.6 Å². The van der Waals surface area contributed by atoms with Crippen LogP contribution in [0.4, 0.5) is 20.4 Å². The molecule has 0 fully saturated rings. The van der Waals surface area contributed by atoms with Gasteiger partial charge in [-0.25, -0.2) is 18.6 Å². The molecule has 0 amide bonds. The number of hydrogen-bond acceptors (Lipinski definition) is 3. The minimum Gasteiger partial charge on any atom is -0.478 e. The van der Waals surface area contributed by atoms with Gasteiger partial charge in [0.05, 0.1) is 16.6 Å². The normalized spacial score (nSPS) is 10.8. The zero-order valence-corrected chi connectivity index (χ0v) is 10.5. The van der Waals surface area contributed by atoms with Crippen molar-refractivity contribution in [3.8, 4) is 0 Å². The SMILES string of the molecule is O=C(O)c1ccc2nc(Nc3c(F)cccc3F)[nH]c2c1. The van der Waals surface area contributed by atoms with Crippen molar-refractivity contribution in [2.75, 3.05) is 5.32 Å². The van der Waals surface area contributed by atoms with Crippen molar-refractivity contribution in [2.24, 2.45) is 0 Å². The predicted octanol–water partition coefficient (Wildman–Crippen LogP) is 3.28. The van der Waals surface area contributed by atoms with Crippen LogP contribution in [-0.4, -0.2) is 21.0 Å². The maximum Gasteiger partial charge on any atom is 0.335 e. The molecule has 0 unspecified atom stereocenters. The number of hydrogen-bond donors (Lipinski definition) is 3. The number of fused-ring (bicyclic) bond motifs is 1. The average Bonchev–Trinajstić information content (AvgIpc) is 2.84. The summed E-state index contributed by atoms with van der Waals surface area (Å²) in [7, 11) is 0. The number of H-pyrrole nitrogens is 1. The van der Waals surface area contributed by atoms with Crippen molar-refractivity contribution in [1.82, 2.24) is 9.97 Å². The minimum atomic E-state index is -1.07. The number of anilines is 2. The molecule has 0 radical (unpaired) electrons. The molecule has 0 saturated heterocycles. The number of benzene rings is 2. The summed E-state index contributed by atoms with van der Waals surface area (Å²) < 4.78 is 27.1. The van der Waals surface area contributed by atoms with Gasteiger partial charge in [-0.3, -0.25) is 0 Å². The van der Waals surface area contributed by atoms with Gasteiger partial charge in [0.2, 0.25) is 5.95 Å². The maximum absolute atomic E-state index is 13.5. The number of nitrogens with zero attached hydrogens (tertiary/aromatic N) is 1. The highest BCUT2D eigenvalue weighted by atomic mass is 19.1. The minimum absolute atomic E-state index is 0.0924. The molecule has 0 spiro atoms. The number of halogens is 2. The fourth-order valence-corrected chi connectivity index (χ4v) is 1.94. The second kappa shape index (κ2) is 4.86. The second-order valence-electron chi connectivity index (χ2n) is 4.34. The predicted molar refractivity (Wildman–Crippen MR) is 72.7 cm³/mol. The Labute approximate surface area is 117 Å². The molecule has 0 bridgehead atoms. The molecule has 3 rings (SSSR count). The maximum atomic E-state index is 13.5. The molecule has 3 N–H and O–H groups in total. The Hall–Kier alpha value is -2.96. The topological polar surface area (TPSA) is 78.0 Å². The van der Waals surface area contributed by atoms with Gasteiger partial charge in [0.25, 0.3) is 0 Å². The average molecular weight is 289 g/mol. The summed E-state index contributed by atoms with van der Waals surface area (Å²) in [6.07, 6.45) is 0. The van der Waals surface area contributed by atoms with Gasteiger partial charge in [0.15, 0.2) is 0 Å². The van der Waals surface area contributed by atoms with Gasteiger partial charge in [-0.2, -0.15) is 0 Å². The van der Waals surface area contributed by atoms with E-state index in [4.69, 9.17) is 5.11 Å². The molecule has 0 saturated carbocycles. The van der Waals surface area contributed by atoms with Crippen molar-refractivity contribution in [3.63, 3.8) is 0 Å². The number of rotatable bonds is 3. The van der Waals surface area contributed by atoms with Crippen LogP contribution >= 0.6 is 0 Å². The third kappa shape index (κ3) is 2.40. The first-order chi connectivity index (χ1) is 10.0. The fraction of sp³-hybridized carbons (Fsp3) is 0. The number of aromatic amines is 1. The zero-order chi connectivity index (χ0) is 15.0. The molecule has 7 heteroatoms. The third-order valence-electron chi connectivity index (χ3n) is 2.93. The van der Waals surface area contributed by atoms with E-state index >= 15 is 0 Å². The molecule has 106 valence electrons. The van der Waals surface area contributed by atoms with Crippen LogP contribution in [0.3, 0.4) is 0 Å². The summed E-state index contributed by atoms with van der Waals surface area (Å²) in [4.78, 5) is 17.8. The van der Waals surface area contributed by atoms with E-state index in [1.165, 1.54) is 24.3 Å². The molecule has 0 atom stereocenters. The number of carbonyl (C=O) groups is 1. The number of imidazole rings is 1. The second-order valence-corrected chi connectivity index (χ2v) is 4.34. The van der Waals surface area contributed by atoms with E-state index in [-0.39, 0.29) is 17.2 Å². The van der Waals surface area contributed by atoms with Crippen molar-refractivity contribution in [1.29, 1.82) is 0 Å². The Kier molecular flexibility index (Phi) is 3.02. The lowest BCUT2D eigenvalue weighted by Gasteiger charge is -2.04. The van der Waals surface area contributed by atoms with E-state index in [0.717, 1.165) is 12.1 Å². The lowest BCUT2D eigenvalue weighted by Crippen LogP contribution is -1.98. The van der Waals surface area contributed by atoms with E-state index in [1.54, 1.807) is 0 Å². The van der Waals surface area contributed by atoms with Crippen molar-refractivity contribution < 1.29 is 18.7 Å². The standard InChI is InChI=1S/C14H9F2N3O2/c15-8-2-1-3-9(16)12(8)19-14-17-10-5-4-7(13(20)21)6-11(10)18-14/h1-6H,(H,20,21)(H2,17,18,19). The van der Waals surface area contributed by atoms with Gasteiger partial charge in [-0.05, 0) is 30.3 Å². The van der Waals surface area contributed by atoms with Crippen LogP contribution in [0.15, 0.2) is 36.4 Å². The molecule has 1 heterocycles. The van der Waals surface area contributed by atoms with E-state index in [2.05, 4.69) is 15.3 Å². The van der Waals surface area contributed by atoms with Crippen LogP contribution in [0, 0.1) is 11.6 Å². The third-order valence-corrected chi connectivity index (χ3v) is 2.93. The summed E-state index contributed by atoms with van der Waals surface area (Å²) in [5.41, 5.74) is 0.707. The monoisotopic (exact) mass is 289 g/mol. The zero-order valence-electron chi connectivity index (χ0n) is 10.5. The van der Waals surface area contributed by atoms with Gasteiger partial charge in [-0.1, -0.05) is 6.07 Å². The van der Waals surface area contributed by atoms with Gasteiger partial charge in [0.1, 0.15) is 17.3 Å². The molecule has 5 nitrogen and oxygen atoms in total. The molecule has 2 aromatic carbocycles. The summed E-state index contributed by atoms with van der Waals surface area (Å²) in [5.74, 6) is -2.44. The van der Waals surface area contributed by atoms with Crippen LogP contribution in [0.1, 0.15) is 10.4 Å². The van der Waals surface area contributed by atoms with Crippen LogP contribution in [0.2, 0.25) is 0 Å². The quantitative estimate of drug-likeness (QED) is 0.691. The number of aromatic carboxylic acids is 1. The number of nitrogens with one attached hydrogen (secondary N) is 2. The highest BCUT2D eigenvalue weighted by Gasteiger charge is 2.12. The lowest BCUT2D eigenvalue weighted by atomic mass is 10.2. The van der Waals surface area contributed by atoms with Gasteiger partial charge in [-0.15, -0.1) is 0 Å². The smallest absolute Gasteiger partial charge is 0.335 e. The molecular formula is C14H9F2N3O2. The number of carboxylic acids is 1. The largest absolute Gasteiger partial charge is 0.478 e. The van der Waals surface area contributed by atoms with E-state index < -0.39 is 17.6 Å². The van der Waals surface area contributed by atoms with E-state index in [1.807, 2.05) is 0 Å². The van der Waals surface area contributed by atoms with Gasteiger partial charge < -0.3 is 15.4 Å². The van der Waals surface area contributed by atoms with Crippen molar-refractivity contribution in [2.45, 2.75) is 0 Å². The molecular weight excluding hydrogens is 280 g/mol. The first kappa shape index (κ1) is 13.0. The fourth-order valence-electron chi connectivity index (χ4n) is 1.94. The molecule has 0 aliphatic carbocycles. The Morgan fingerprint density at radius 2 is 1.90 bits per heavy atom. The lowest BCUT2D eigenvalue weighted by molar-refractivity contribution is 0.0697. The molecule has 1 aromatic heterocycles. The summed E-state index contributed by atoms with van der Waals surface area (Å²) in [5, 5.41) is 11.4. The molecule has 3 aromatic rings. The molecule has 0 aliphatic heterocycles. The molecule has 21 heavy (non-hydrogen) atoms. The number of carboxylic acid groups (broad SMARTS) is 1.